The molecule has 0 spiro atoms. The number of halogens is 3. The molecule has 5 nitrogen and oxygen atoms in total. The number of hydrogen-bond acceptors (Lipinski definition) is 4. The zero-order valence-corrected chi connectivity index (χ0v) is 9.14. The highest BCUT2D eigenvalue weighted by atomic mass is 127. The average molecular weight is 328 g/mol. The van der Waals surface area contributed by atoms with E-state index in [0.29, 0.717) is 0 Å². The Hall–Kier alpha value is -1.19. The normalized spacial score (nSPS) is 10.4. The second-order valence-corrected chi connectivity index (χ2v) is 3.60. The molecule has 1 aromatic rings. The summed E-state index contributed by atoms with van der Waals surface area (Å²) in [5, 5.41) is 10.5. The Balaban J connectivity index is 3.44. The first kappa shape index (κ1) is 11.9. The Kier molecular flexibility index (Phi) is 3.61. The number of nitro groups is 1. The second-order valence-electron chi connectivity index (χ2n) is 2.44. The summed E-state index contributed by atoms with van der Waals surface area (Å²) in [5.41, 5.74) is -1.77. The molecule has 0 atom stereocenters. The fourth-order valence-electron chi connectivity index (χ4n) is 0.920. The fourth-order valence-corrected chi connectivity index (χ4v) is 1.71. The molecule has 0 saturated heterocycles. The molecule has 8 heteroatoms. The third kappa shape index (κ3) is 2.43. The van der Waals surface area contributed by atoms with E-state index in [1.54, 1.807) is 0 Å². The molecule has 1 aromatic heterocycles. The third-order valence-electron chi connectivity index (χ3n) is 1.51. The lowest BCUT2D eigenvalue weighted by atomic mass is 10.2. The van der Waals surface area contributed by atoms with Crippen molar-refractivity contribution >= 4 is 34.6 Å². The Morgan fingerprint density at radius 2 is 2.20 bits per heavy atom. The zero-order valence-electron chi connectivity index (χ0n) is 6.99. The number of carbonyl (C=O) groups is 1. The quantitative estimate of drug-likeness (QED) is 0.369. The van der Waals surface area contributed by atoms with Gasteiger partial charge in [-0.05, 0) is 28.7 Å². The van der Waals surface area contributed by atoms with E-state index in [0.717, 1.165) is 6.07 Å². The SMILES string of the molecule is O=Cc1nc(C(F)F)cc(I)c1[N+](=O)[O-]. The van der Waals surface area contributed by atoms with Gasteiger partial charge in [-0.1, -0.05) is 0 Å². The number of alkyl halides is 2. The summed E-state index contributed by atoms with van der Waals surface area (Å²) in [5.74, 6) is 0. The molecule has 0 aliphatic rings. The highest BCUT2D eigenvalue weighted by molar-refractivity contribution is 14.1. The number of carbonyl (C=O) groups excluding carboxylic acids is 1. The molecule has 0 unspecified atom stereocenters. The van der Waals surface area contributed by atoms with Crippen LogP contribution in [0.4, 0.5) is 14.5 Å². The lowest BCUT2D eigenvalue weighted by molar-refractivity contribution is -0.386. The monoisotopic (exact) mass is 328 g/mol. The summed E-state index contributed by atoms with van der Waals surface area (Å²) in [6, 6.07) is 0.885. The first-order valence-corrected chi connectivity index (χ1v) is 4.63. The first-order valence-electron chi connectivity index (χ1n) is 3.55. The Bertz CT molecular complexity index is 425. The van der Waals surface area contributed by atoms with Gasteiger partial charge in [0.25, 0.3) is 6.43 Å². The second kappa shape index (κ2) is 4.55. The molecular weight excluding hydrogens is 325 g/mol. The van der Waals surface area contributed by atoms with Crippen LogP contribution in [0.2, 0.25) is 0 Å². The van der Waals surface area contributed by atoms with E-state index in [4.69, 9.17) is 0 Å². The largest absolute Gasteiger partial charge is 0.311 e. The van der Waals surface area contributed by atoms with Gasteiger partial charge in [-0.3, -0.25) is 14.9 Å². The van der Waals surface area contributed by atoms with Crippen LogP contribution in [0.3, 0.4) is 0 Å². The van der Waals surface area contributed by atoms with Crippen molar-refractivity contribution in [3.63, 3.8) is 0 Å². The molecule has 0 fully saturated rings. The van der Waals surface area contributed by atoms with Crippen molar-refractivity contribution < 1.29 is 18.5 Å². The van der Waals surface area contributed by atoms with Gasteiger partial charge in [0, 0.05) is 0 Å². The summed E-state index contributed by atoms with van der Waals surface area (Å²) in [4.78, 5) is 23.3. The third-order valence-corrected chi connectivity index (χ3v) is 2.33. The lowest BCUT2D eigenvalue weighted by Crippen LogP contribution is -2.03. The van der Waals surface area contributed by atoms with Crippen LogP contribution in [0.5, 0.6) is 0 Å². The Morgan fingerprint density at radius 1 is 1.60 bits per heavy atom. The van der Waals surface area contributed by atoms with Gasteiger partial charge >= 0.3 is 5.69 Å². The van der Waals surface area contributed by atoms with Crippen molar-refractivity contribution in [1.82, 2.24) is 4.98 Å². The molecule has 1 heterocycles. The standard InChI is InChI=1S/C7H3F2IN2O3/c8-7(9)4-1-3(10)6(12(14)15)5(2-13)11-4/h1-2,7H. The van der Waals surface area contributed by atoms with Crippen LogP contribution in [-0.4, -0.2) is 16.2 Å². The van der Waals surface area contributed by atoms with Gasteiger partial charge < -0.3 is 0 Å². The summed E-state index contributed by atoms with van der Waals surface area (Å²) >= 11 is 1.51. The summed E-state index contributed by atoms with van der Waals surface area (Å²) in [6.45, 7) is 0. The maximum atomic E-state index is 12.2. The van der Waals surface area contributed by atoms with Crippen LogP contribution >= 0.6 is 22.6 Å². The minimum atomic E-state index is -2.86. The van der Waals surface area contributed by atoms with E-state index < -0.39 is 28.4 Å². The maximum absolute atomic E-state index is 12.2. The number of rotatable bonds is 3. The number of aromatic nitrogens is 1. The van der Waals surface area contributed by atoms with Crippen LogP contribution in [0, 0.1) is 13.7 Å². The van der Waals surface area contributed by atoms with E-state index in [1.807, 2.05) is 0 Å². The number of aldehydes is 1. The molecule has 0 saturated carbocycles. The minimum Gasteiger partial charge on any atom is -0.296 e. The van der Waals surface area contributed by atoms with E-state index in [2.05, 4.69) is 4.98 Å². The number of hydrogen-bond donors (Lipinski definition) is 0. The fraction of sp³-hybridized carbons (Fsp3) is 0.143. The van der Waals surface area contributed by atoms with Gasteiger partial charge in [0.1, 0.15) is 5.69 Å². The van der Waals surface area contributed by atoms with Gasteiger partial charge in [-0.25, -0.2) is 13.8 Å². The van der Waals surface area contributed by atoms with Gasteiger partial charge in [-0.2, -0.15) is 0 Å². The van der Waals surface area contributed by atoms with Crippen molar-refractivity contribution in [3.05, 3.63) is 31.1 Å². The highest BCUT2D eigenvalue weighted by Gasteiger charge is 2.23. The van der Waals surface area contributed by atoms with E-state index in [1.165, 1.54) is 22.6 Å². The number of nitrogens with zero attached hydrogens (tertiary/aromatic N) is 2. The van der Waals surface area contributed by atoms with Crippen LogP contribution < -0.4 is 0 Å². The maximum Gasteiger partial charge on any atom is 0.311 e. The molecule has 80 valence electrons. The van der Waals surface area contributed by atoms with Gasteiger partial charge in [0.2, 0.25) is 0 Å². The van der Waals surface area contributed by atoms with Gasteiger partial charge in [0.15, 0.2) is 12.0 Å². The molecule has 1 rings (SSSR count). The van der Waals surface area contributed by atoms with E-state index in [9.17, 15) is 23.7 Å². The Morgan fingerprint density at radius 3 is 2.60 bits per heavy atom. The molecule has 0 aliphatic carbocycles. The van der Waals surface area contributed by atoms with Crippen molar-refractivity contribution in [2.45, 2.75) is 6.43 Å². The van der Waals surface area contributed by atoms with Crippen molar-refractivity contribution in [2.75, 3.05) is 0 Å². The zero-order chi connectivity index (χ0) is 11.6. The van der Waals surface area contributed by atoms with Crippen LogP contribution in [-0.2, 0) is 0 Å². The predicted octanol–water partition coefficient (Wildman–Crippen LogP) is 2.34. The van der Waals surface area contributed by atoms with Gasteiger partial charge in [-0.15, -0.1) is 0 Å². The topological polar surface area (TPSA) is 73.1 Å². The predicted molar refractivity (Wildman–Crippen MR) is 54.0 cm³/mol. The molecule has 0 amide bonds. The minimum absolute atomic E-state index is 0.0370. The molecule has 0 aliphatic heterocycles. The van der Waals surface area contributed by atoms with Gasteiger partial charge in [0.05, 0.1) is 8.49 Å². The van der Waals surface area contributed by atoms with Crippen LogP contribution in [0.1, 0.15) is 22.6 Å². The molecule has 0 N–H and O–H groups in total. The van der Waals surface area contributed by atoms with E-state index >= 15 is 0 Å². The lowest BCUT2D eigenvalue weighted by Gasteiger charge is -2.02. The summed E-state index contributed by atoms with van der Waals surface area (Å²) in [7, 11) is 0. The smallest absolute Gasteiger partial charge is 0.296 e. The first-order chi connectivity index (χ1) is 6.97. The molecule has 0 radical (unpaired) electrons. The van der Waals surface area contributed by atoms with E-state index in [-0.39, 0.29) is 9.86 Å². The molecular formula is C7H3F2IN2O3. The highest BCUT2D eigenvalue weighted by Crippen LogP contribution is 2.27. The number of pyridine rings is 1. The van der Waals surface area contributed by atoms with Crippen LogP contribution in [0.15, 0.2) is 6.07 Å². The summed E-state index contributed by atoms with van der Waals surface area (Å²) in [6.07, 6.45) is -2.77. The van der Waals surface area contributed by atoms with Crippen molar-refractivity contribution in [3.8, 4) is 0 Å². The van der Waals surface area contributed by atoms with Crippen molar-refractivity contribution in [2.24, 2.45) is 0 Å². The molecule has 0 bridgehead atoms. The van der Waals surface area contributed by atoms with Crippen LogP contribution in [0.25, 0.3) is 0 Å². The summed E-state index contributed by atoms with van der Waals surface area (Å²) < 4.78 is 24.5. The Labute approximate surface area is 95.8 Å². The molecule has 15 heavy (non-hydrogen) atoms. The van der Waals surface area contributed by atoms with Crippen molar-refractivity contribution in [1.29, 1.82) is 0 Å². The average Bonchev–Trinajstić information content (AvgIpc) is 2.15. The molecule has 0 aromatic carbocycles.